The number of hydrogen-bond acceptors (Lipinski definition) is 4. The predicted molar refractivity (Wildman–Crippen MR) is 65.2 cm³/mol. The number of hydrogen-bond donors (Lipinski definition) is 1. The Labute approximate surface area is 102 Å². The predicted octanol–water partition coefficient (Wildman–Crippen LogP) is 0.123. The molecule has 2 rings (SSSR count). The van der Waals surface area contributed by atoms with Crippen LogP contribution in [-0.2, 0) is 14.6 Å². The van der Waals surface area contributed by atoms with E-state index in [1.807, 2.05) is 0 Å². The molecule has 1 saturated carbocycles. The Balaban J connectivity index is 1.94. The standard InChI is InChI=1S/C11H20N2O3S/c1-2-17(15,16)8-7-13-9-12-11(10(13)14)5-3-4-6-11/h12H,2-9H2,1H3. The minimum absolute atomic E-state index is 0.0764. The van der Waals surface area contributed by atoms with E-state index >= 15 is 0 Å². The van der Waals surface area contributed by atoms with Crippen LogP contribution in [0.2, 0.25) is 0 Å². The Morgan fingerprint density at radius 1 is 1.35 bits per heavy atom. The van der Waals surface area contributed by atoms with Crippen molar-refractivity contribution in [1.29, 1.82) is 0 Å². The topological polar surface area (TPSA) is 66.5 Å². The molecular weight excluding hydrogens is 240 g/mol. The van der Waals surface area contributed by atoms with Crippen molar-refractivity contribution in [1.82, 2.24) is 10.2 Å². The van der Waals surface area contributed by atoms with Gasteiger partial charge in [0, 0.05) is 12.3 Å². The van der Waals surface area contributed by atoms with Gasteiger partial charge in [0.05, 0.1) is 18.0 Å². The summed E-state index contributed by atoms with van der Waals surface area (Å²) in [6, 6.07) is 0. The van der Waals surface area contributed by atoms with Crippen LogP contribution in [0.4, 0.5) is 0 Å². The van der Waals surface area contributed by atoms with Gasteiger partial charge in [0.25, 0.3) is 0 Å². The monoisotopic (exact) mass is 260 g/mol. The average molecular weight is 260 g/mol. The number of nitrogens with zero attached hydrogens (tertiary/aromatic N) is 1. The third-order valence-electron chi connectivity index (χ3n) is 3.87. The molecule has 1 amide bonds. The van der Waals surface area contributed by atoms with E-state index in [4.69, 9.17) is 0 Å². The summed E-state index contributed by atoms with van der Waals surface area (Å²) in [5, 5.41) is 3.27. The van der Waals surface area contributed by atoms with Gasteiger partial charge in [-0.15, -0.1) is 0 Å². The van der Waals surface area contributed by atoms with Crippen LogP contribution < -0.4 is 5.32 Å². The van der Waals surface area contributed by atoms with Crippen molar-refractivity contribution >= 4 is 15.7 Å². The van der Waals surface area contributed by atoms with Gasteiger partial charge in [-0.3, -0.25) is 10.1 Å². The molecule has 1 saturated heterocycles. The van der Waals surface area contributed by atoms with E-state index in [1.54, 1.807) is 11.8 Å². The molecule has 1 aliphatic heterocycles. The second-order valence-electron chi connectivity index (χ2n) is 4.93. The third kappa shape index (κ3) is 2.47. The molecule has 0 bridgehead atoms. The number of rotatable bonds is 4. The normalized spacial score (nSPS) is 23.8. The second kappa shape index (κ2) is 4.57. The molecule has 17 heavy (non-hydrogen) atoms. The fraction of sp³-hybridized carbons (Fsp3) is 0.909. The first-order chi connectivity index (χ1) is 7.99. The zero-order chi connectivity index (χ0) is 12.5. The van der Waals surface area contributed by atoms with E-state index in [-0.39, 0.29) is 23.0 Å². The Bertz CT molecular complexity index is 399. The van der Waals surface area contributed by atoms with Crippen LogP contribution in [-0.4, -0.2) is 49.5 Å². The Morgan fingerprint density at radius 2 is 2.00 bits per heavy atom. The summed E-state index contributed by atoms with van der Waals surface area (Å²) in [6.07, 6.45) is 3.95. The molecule has 1 heterocycles. The van der Waals surface area contributed by atoms with Crippen LogP contribution in [0.5, 0.6) is 0 Å². The molecule has 6 heteroatoms. The molecule has 0 aromatic carbocycles. The molecule has 0 radical (unpaired) electrons. The molecule has 0 aromatic rings. The van der Waals surface area contributed by atoms with Crippen molar-refractivity contribution in [2.75, 3.05) is 24.7 Å². The van der Waals surface area contributed by atoms with Crippen molar-refractivity contribution in [3.63, 3.8) is 0 Å². The maximum atomic E-state index is 12.2. The SMILES string of the molecule is CCS(=O)(=O)CCN1CNC2(CCCC2)C1=O. The van der Waals surface area contributed by atoms with Gasteiger partial charge < -0.3 is 4.90 Å². The van der Waals surface area contributed by atoms with E-state index < -0.39 is 9.84 Å². The Morgan fingerprint density at radius 3 is 2.59 bits per heavy atom. The van der Waals surface area contributed by atoms with E-state index in [0.29, 0.717) is 13.2 Å². The molecule has 0 atom stereocenters. The van der Waals surface area contributed by atoms with E-state index in [2.05, 4.69) is 5.32 Å². The maximum Gasteiger partial charge on any atom is 0.243 e. The van der Waals surface area contributed by atoms with E-state index in [0.717, 1.165) is 25.7 Å². The Hall–Kier alpha value is -0.620. The highest BCUT2D eigenvalue weighted by Crippen LogP contribution is 2.34. The van der Waals surface area contributed by atoms with Gasteiger partial charge in [-0.25, -0.2) is 8.42 Å². The van der Waals surface area contributed by atoms with Gasteiger partial charge in [0.15, 0.2) is 9.84 Å². The molecule has 1 spiro atoms. The van der Waals surface area contributed by atoms with Gasteiger partial charge in [-0.2, -0.15) is 0 Å². The fourth-order valence-electron chi connectivity index (χ4n) is 2.64. The van der Waals surface area contributed by atoms with Crippen LogP contribution >= 0.6 is 0 Å². The van der Waals surface area contributed by atoms with Gasteiger partial charge in [-0.1, -0.05) is 19.8 Å². The molecule has 5 nitrogen and oxygen atoms in total. The zero-order valence-electron chi connectivity index (χ0n) is 10.2. The van der Waals surface area contributed by atoms with Gasteiger partial charge in [0.2, 0.25) is 5.91 Å². The van der Waals surface area contributed by atoms with Crippen LogP contribution in [0.25, 0.3) is 0 Å². The van der Waals surface area contributed by atoms with Crippen molar-refractivity contribution in [3.05, 3.63) is 0 Å². The fourth-order valence-corrected chi connectivity index (χ4v) is 3.43. The molecule has 2 aliphatic rings. The molecule has 0 unspecified atom stereocenters. The van der Waals surface area contributed by atoms with Crippen molar-refractivity contribution in [3.8, 4) is 0 Å². The summed E-state index contributed by atoms with van der Waals surface area (Å²) in [5.74, 6) is 0.321. The summed E-state index contributed by atoms with van der Waals surface area (Å²) in [6.45, 7) is 2.46. The molecule has 1 N–H and O–H groups in total. The first-order valence-electron chi connectivity index (χ1n) is 6.24. The molecule has 0 aromatic heterocycles. The van der Waals surface area contributed by atoms with Crippen LogP contribution in [0.15, 0.2) is 0 Å². The highest BCUT2D eigenvalue weighted by Gasteiger charge is 2.47. The van der Waals surface area contributed by atoms with Crippen LogP contribution in [0.3, 0.4) is 0 Å². The second-order valence-corrected chi connectivity index (χ2v) is 7.40. The van der Waals surface area contributed by atoms with E-state index in [9.17, 15) is 13.2 Å². The van der Waals surface area contributed by atoms with Crippen LogP contribution in [0, 0.1) is 0 Å². The summed E-state index contributed by atoms with van der Waals surface area (Å²) in [4.78, 5) is 13.9. The van der Waals surface area contributed by atoms with E-state index in [1.165, 1.54) is 0 Å². The van der Waals surface area contributed by atoms with Crippen molar-refractivity contribution in [2.24, 2.45) is 0 Å². The first kappa shape index (κ1) is 12.8. The highest BCUT2D eigenvalue weighted by atomic mass is 32.2. The van der Waals surface area contributed by atoms with Gasteiger partial charge in [0.1, 0.15) is 0 Å². The lowest BCUT2D eigenvalue weighted by molar-refractivity contribution is -0.132. The highest BCUT2D eigenvalue weighted by molar-refractivity contribution is 7.91. The molecule has 1 aliphatic carbocycles. The summed E-state index contributed by atoms with van der Waals surface area (Å²) in [7, 11) is -2.99. The molecule has 2 fully saturated rings. The largest absolute Gasteiger partial charge is 0.327 e. The first-order valence-corrected chi connectivity index (χ1v) is 8.06. The lowest BCUT2D eigenvalue weighted by Gasteiger charge is -2.21. The number of amides is 1. The summed E-state index contributed by atoms with van der Waals surface area (Å²) in [5.41, 5.74) is -0.365. The minimum Gasteiger partial charge on any atom is -0.327 e. The van der Waals surface area contributed by atoms with Crippen molar-refractivity contribution in [2.45, 2.75) is 38.1 Å². The quantitative estimate of drug-likeness (QED) is 0.780. The average Bonchev–Trinajstić information content (AvgIpc) is 2.89. The number of nitrogens with one attached hydrogen (secondary N) is 1. The number of carbonyl (C=O) groups excluding carboxylic acids is 1. The third-order valence-corrected chi connectivity index (χ3v) is 5.56. The van der Waals surface area contributed by atoms with Crippen molar-refractivity contribution < 1.29 is 13.2 Å². The van der Waals surface area contributed by atoms with Crippen LogP contribution in [0.1, 0.15) is 32.6 Å². The number of carbonyl (C=O) groups is 1. The lowest BCUT2D eigenvalue weighted by atomic mass is 9.98. The smallest absolute Gasteiger partial charge is 0.243 e. The minimum atomic E-state index is -2.99. The zero-order valence-corrected chi connectivity index (χ0v) is 11.1. The maximum absolute atomic E-state index is 12.2. The molecular formula is C11H20N2O3S. The molecule has 98 valence electrons. The van der Waals surface area contributed by atoms with Gasteiger partial charge in [-0.05, 0) is 12.8 Å². The Kier molecular flexibility index (Phi) is 3.45. The summed E-state index contributed by atoms with van der Waals surface area (Å²) < 4.78 is 22.8. The van der Waals surface area contributed by atoms with Gasteiger partial charge >= 0.3 is 0 Å². The summed E-state index contributed by atoms with van der Waals surface area (Å²) >= 11 is 0. The number of sulfone groups is 1. The lowest BCUT2D eigenvalue weighted by Crippen LogP contribution is -2.44.